The SMILES string of the molecule is CC12C(=O)N(c3ccccc3)C(=O)C1CC1C(=CCC3C(=O)N(c4ccc([N+](=O)[O-])cc4)C(=O)C31)C2c1c(O)ccc2ccccc12. The highest BCUT2D eigenvalue weighted by Gasteiger charge is 2.68. The maximum atomic E-state index is 14.7. The lowest BCUT2D eigenvalue weighted by Crippen LogP contribution is -2.49. The van der Waals surface area contributed by atoms with E-state index in [0.717, 1.165) is 21.2 Å². The van der Waals surface area contributed by atoms with E-state index in [1.165, 1.54) is 29.2 Å². The first kappa shape index (κ1) is 28.8. The Morgan fingerprint density at radius 1 is 0.787 bits per heavy atom. The topological polar surface area (TPSA) is 138 Å². The quantitative estimate of drug-likeness (QED) is 0.129. The first-order chi connectivity index (χ1) is 22.6. The number of imide groups is 2. The molecule has 8 rings (SSSR count). The van der Waals surface area contributed by atoms with Crippen LogP contribution in [0.5, 0.6) is 5.75 Å². The number of nitro groups is 1. The van der Waals surface area contributed by atoms with Gasteiger partial charge in [-0.15, -0.1) is 0 Å². The first-order valence-corrected chi connectivity index (χ1v) is 15.6. The van der Waals surface area contributed by atoms with E-state index >= 15 is 0 Å². The van der Waals surface area contributed by atoms with Crippen molar-refractivity contribution in [3.8, 4) is 5.75 Å². The van der Waals surface area contributed by atoms with Gasteiger partial charge in [-0.2, -0.15) is 0 Å². The number of phenolic OH excluding ortho intramolecular Hbond substituents is 1. The Hall–Kier alpha value is -5.64. The number of hydrogen-bond acceptors (Lipinski definition) is 7. The third-order valence-corrected chi connectivity index (χ3v) is 10.8. The van der Waals surface area contributed by atoms with Crippen LogP contribution in [0.3, 0.4) is 0 Å². The summed E-state index contributed by atoms with van der Waals surface area (Å²) in [5.41, 5.74) is 0.515. The molecule has 1 saturated carbocycles. The zero-order chi connectivity index (χ0) is 32.8. The number of benzene rings is 4. The van der Waals surface area contributed by atoms with Crippen molar-refractivity contribution in [2.75, 3.05) is 9.80 Å². The molecule has 1 N–H and O–H groups in total. The Balaban J connectivity index is 1.30. The summed E-state index contributed by atoms with van der Waals surface area (Å²) in [4.78, 5) is 70.2. The number of phenols is 1. The van der Waals surface area contributed by atoms with E-state index in [0.29, 0.717) is 11.3 Å². The van der Waals surface area contributed by atoms with Gasteiger partial charge in [-0.25, -0.2) is 4.90 Å². The van der Waals surface area contributed by atoms with Gasteiger partial charge < -0.3 is 5.11 Å². The third kappa shape index (κ3) is 3.90. The number of fused-ring (bicyclic) bond motifs is 5. The largest absolute Gasteiger partial charge is 0.508 e. The molecule has 0 aromatic heterocycles. The molecule has 4 aromatic rings. The molecule has 2 aliphatic heterocycles. The third-order valence-electron chi connectivity index (χ3n) is 10.8. The molecule has 2 aliphatic carbocycles. The second kappa shape index (κ2) is 10.2. The molecule has 4 amide bonds. The highest BCUT2D eigenvalue weighted by molar-refractivity contribution is 6.25. The van der Waals surface area contributed by atoms with Gasteiger partial charge in [0.1, 0.15) is 5.75 Å². The van der Waals surface area contributed by atoms with Crippen LogP contribution in [0.2, 0.25) is 0 Å². The number of rotatable bonds is 4. The van der Waals surface area contributed by atoms with Gasteiger partial charge in [0.15, 0.2) is 0 Å². The molecule has 6 unspecified atom stereocenters. The average molecular weight is 628 g/mol. The molecular weight excluding hydrogens is 598 g/mol. The van der Waals surface area contributed by atoms with Crippen molar-refractivity contribution in [1.29, 1.82) is 0 Å². The minimum Gasteiger partial charge on any atom is -0.508 e. The van der Waals surface area contributed by atoms with Crippen LogP contribution in [0.25, 0.3) is 10.8 Å². The van der Waals surface area contributed by atoms with Crippen LogP contribution in [-0.4, -0.2) is 33.7 Å². The van der Waals surface area contributed by atoms with Gasteiger partial charge in [0.2, 0.25) is 23.6 Å². The molecule has 0 bridgehead atoms. The summed E-state index contributed by atoms with van der Waals surface area (Å²) in [7, 11) is 0. The number of anilines is 2. The van der Waals surface area contributed by atoms with Crippen LogP contribution >= 0.6 is 0 Å². The fourth-order valence-corrected chi connectivity index (χ4v) is 8.71. The van der Waals surface area contributed by atoms with Crippen LogP contribution in [-0.2, 0) is 19.2 Å². The van der Waals surface area contributed by atoms with Crippen LogP contribution in [0.4, 0.5) is 17.1 Å². The zero-order valence-electron chi connectivity index (χ0n) is 25.3. The average Bonchev–Trinajstić information content (AvgIpc) is 3.45. The number of allylic oxidation sites excluding steroid dienone is 2. The van der Waals surface area contributed by atoms with Crippen molar-refractivity contribution in [2.24, 2.45) is 29.1 Å². The first-order valence-electron chi connectivity index (χ1n) is 15.6. The Morgan fingerprint density at radius 2 is 1.47 bits per heavy atom. The van der Waals surface area contributed by atoms with Crippen molar-refractivity contribution in [3.63, 3.8) is 0 Å². The number of nitrogens with zero attached hydrogens (tertiary/aromatic N) is 3. The summed E-state index contributed by atoms with van der Waals surface area (Å²) in [6.45, 7) is 1.79. The molecule has 0 spiro atoms. The molecule has 4 aliphatic rings. The Bertz CT molecular complexity index is 2070. The summed E-state index contributed by atoms with van der Waals surface area (Å²) in [6.07, 6.45) is 2.34. The number of amides is 4. The number of nitro benzene ring substituents is 1. The Morgan fingerprint density at radius 3 is 2.19 bits per heavy atom. The van der Waals surface area contributed by atoms with Crippen LogP contribution in [0.1, 0.15) is 31.2 Å². The molecule has 2 saturated heterocycles. The van der Waals surface area contributed by atoms with Crippen LogP contribution in [0, 0.1) is 39.2 Å². The summed E-state index contributed by atoms with van der Waals surface area (Å²) >= 11 is 0. The summed E-state index contributed by atoms with van der Waals surface area (Å²) in [5.74, 6) is -5.29. The Kier molecular flexibility index (Phi) is 6.24. The lowest BCUT2D eigenvalue weighted by atomic mass is 9.51. The molecule has 3 fully saturated rings. The zero-order valence-corrected chi connectivity index (χ0v) is 25.3. The van der Waals surface area contributed by atoms with E-state index < -0.39 is 51.7 Å². The second-order valence-corrected chi connectivity index (χ2v) is 13.0. The van der Waals surface area contributed by atoms with Crippen LogP contribution < -0.4 is 9.80 Å². The molecule has 2 heterocycles. The molecular formula is C37H29N3O7. The van der Waals surface area contributed by atoms with Crippen molar-refractivity contribution in [2.45, 2.75) is 25.7 Å². The van der Waals surface area contributed by atoms with E-state index in [9.17, 15) is 34.4 Å². The minimum absolute atomic E-state index is 0.0166. The smallest absolute Gasteiger partial charge is 0.269 e. The van der Waals surface area contributed by atoms with Gasteiger partial charge in [0, 0.05) is 23.6 Å². The van der Waals surface area contributed by atoms with Crippen molar-refractivity contribution >= 4 is 51.5 Å². The van der Waals surface area contributed by atoms with E-state index in [4.69, 9.17) is 0 Å². The highest BCUT2D eigenvalue weighted by atomic mass is 16.6. The van der Waals surface area contributed by atoms with Crippen molar-refractivity contribution in [3.05, 3.63) is 118 Å². The number of aromatic hydroxyl groups is 1. The van der Waals surface area contributed by atoms with E-state index in [1.54, 1.807) is 49.4 Å². The van der Waals surface area contributed by atoms with Crippen LogP contribution in [0.15, 0.2) is 103 Å². The van der Waals surface area contributed by atoms with Crippen molar-refractivity contribution < 1.29 is 29.2 Å². The maximum Gasteiger partial charge on any atom is 0.269 e. The molecule has 234 valence electrons. The van der Waals surface area contributed by atoms with Gasteiger partial charge in [-0.3, -0.25) is 34.2 Å². The maximum absolute atomic E-state index is 14.7. The summed E-state index contributed by atoms with van der Waals surface area (Å²) in [6, 6.07) is 25.0. The highest BCUT2D eigenvalue weighted by Crippen LogP contribution is 2.65. The molecule has 0 radical (unpaired) electrons. The number of carbonyl (C=O) groups is 4. The van der Waals surface area contributed by atoms with Gasteiger partial charge in [0.25, 0.3) is 5.69 Å². The monoisotopic (exact) mass is 627 g/mol. The molecule has 10 nitrogen and oxygen atoms in total. The van der Waals surface area contributed by atoms with E-state index in [-0.39, 0.29) is 41.8 Å². The van der Waals surface area contributed by atoms with Gasteiger partial charge in [-0.1, -0.05) is 60.2 Å². The number of hydrogen-bond donors (Lipinski definition) is 1. The molecule has 10 heteroatoms. The number of carbonyl (C=O) groups excluding carboxylic acids is 4. The molecule has 4 aromatic carbocycles. The lowest BCUT2D eigenvalue weighted by molar-refractivity contribution is -0.384. The fourth-order valence-electron chi connectivity index (χ4n) is 8.71. The Labute approximate surface area is 269 Å². The normalized spacial score (nSPS) is 28.3. The van der Waals surface area contributed by atoms with Gasteiger partial charge in [-0.05, 0) is 66.8 Å². The predicted molar refractivity (Wildman–Crippen MR) is 172 cm³/mol. The minimum atomic E-state index is -1.30. The van der Waals surface area contributed by atoms with Gasteiger partial charge in [0.05, 0.1) is 39.5 Å². The molecule has 6 atom stereocenters. The van der Waals surface area contributed by atoms with Gasteiger partial charge >= 0.3 is 0 Å². The molecule has 47 heavy (non-hydrogen) atoms. The fraction of sp³-hybridized carbons (Fsp3) is 0.243. The van der Waals surface area contributed by atoms with Crippen molar-refractivity contribution in [1.82, 2.24) is 0 Å². The van der Waals surface area contributed by atoms with E-state index in [2.05, 4.69) is 0 Å². The van der Waals surface area contributed by atoms with E-state index in [1.807, 2.05) is 30.3 Å². The second-order valence-electron chi connectivity index (χ2n) is 13.0. The standard InChI is InChI=1S/C37H29N3O7/c1-37-28(34(43)39(36(37)45)21-8-3-2-4-9-21)19-27-25(32(37)31-24-10-6-5-7-20(24)11-18-29(31)41)16-17-26-30(27)35(44)38(33(26)42)22-12-14-23(15-13-22)40(46)47/h2-16,18,26-28,30,32,41H,17,19H2,1H3. The lowest BCUT2D eigenvalue weighted by Gasteiger charge is -2.49. The summed E-state index contributed by atoms with van der Waals surface area (Å²) in [5, 5.41) is 24.4. The predicted octanol–water partition coefficient (Wildman–Crippen LogP) is 5.89. The number of para-hydroxylation sites is 1. The number of non-ortho nitro benzene ring substituents is 1. The summed E-state index contributed by atoms with van der Waals surface area (Å²) < 4.78 is 0.